The number of aldehydes is 1. The molecule has 4 rings (SSSR count). The van der Waals surface area contributed by atoms with Crippen LogP contribution < -0.4 is 11.3 Å². The number of rotatable bonds is 9. The number of unbranched alkanes of at least 4 members (excludes halogenated alkanes) is 1. The van der Waals surface area contributed by atoms with E-state index in [2.05, 4.69) is 33.6 Å². The van der Waals surface area contributed by atoms with Gasteiger partial charge in [0.1, 0.15) is 5.82 Å². The Kier molecular flexibility index (Phi) is 13.5. The Morgan fingerprint density at radius 1 is 1.29 bits per heavy atom. The van der Waals surface area contributed by atoms with Crippen LogP contribution in [0.2, 0.25) is 0 Å². The maximum absolute atomic E-state index is 13.4. The topological polar surface area (TPSA) is 95.3 Å². The van der Waals surface area contributed by atoms with Crippen molar-refractivity contribution in [2.24, 2.45) is 11.7 Å². The zero-order valence-electron chi connectivity index (χ0n) is 23.6. The van der Waals surface area contributed by atoms with E-state index in [0.717, 1.165) is 60.3 Å². The first-order valence-electron chi connectivity index (χ1n) is 13.9. The van der Waals surface area contributed by atoms with Gasteiger partial charge < -0.3 is 10.6 Å². The van der Waals surface area contributed by atoms with Crippen LogP contribution in [-0.4, -0.2) is 72.1 Å². The van der Waals surface area contributed by atoms with Crippen molar-refractivity contribution in [3.8, 4) is 0 Å². The fourth-order valence-corrected chi connectivity index (χ4v) is 5.43. The lowest BCUT2D eigenvalue weighted by atomic mass is 9.92. The van der Waals surface area contributed by atoms with E-state index in [-0.39, 0.29) is 11.1 Å². The predicted octanol–water partition coefficient (Wildman–Crippen LogP) is 4.13. The average molecular weight is 528 g/mol. The van der Waals surface area contributed by atoms with Crippen LogP contribution >= 0.6 is 0 Å². The van der Waals surface area contributed by atoms with Crippen molar-refractivity contribution in [1.29, 1.82) is 0 Å². The van der Waals surface area contributed by atoms with Crippen molar-refractivity contribution in [3.63, 3.8) is 0 Å². The molecule has 2 aliphatic rings. The number of piperidine rings is 1. The summed E-state index contributed by atoms with van der Waals surface area (Å²) < 4.78 is 13.4. The van der Waals surface area contributed by atoms with E-state index in [9.17, 15) is 14.0 Å². The molecule has 2 fully saturated rings. The minimum atomic E-state index is -0.542. The first kappa shape index (κ1) is 31.5. The van der Waals surface area contributed by atoms with Crippen LogP contribution in [0.5, 0.6) is 0 Å². The summed E-state index contributed by atoms with van der Waals surface area (Å²) in [6.45, 7) is 15.3. The van der Waals surface area contributed by atoms with E-state index in [0.29, 0.717) is 19.1 Å². The molecule has 3 heterocycles. The summed E-state index contributed by atoms with van der Waals surface area (Å²) in [4.78, 5) is 27.8. The molecule has 0 amide bonds. The van der Waals surface area contributed by atoms with E-state index in [1.54, 1.807) is 6.07 Å². The molecule has 0 bridgehead atoms. The van der Waals surface area contributed by atoms with Crippen molar-refractivity contribution in [1.82, 2.24) is 20.0 Å². The SMILES string of the molecule is C=CCCCc1c(C)c(Cc2ccc(F)c(C=O)c2)n[nH]c1=O.CC.CN1CC2CCCN(CCN)C2C1. The van der Waals surface area contributed by atoms with Crippen molar-refractivity contribution >= 4 is 6.29 Å². The van der Waals surface area contributed by atoms with Gasteiger partial charge in [-0.15, -0.1) is 6.58 Å². The van der Waals surface area contributed by atoms with Gasteiger partial charge >= 0.3 is 0 Å². The number of nitrogens with two attached hydrogens (primary N) is 1. The van der Waals surface area contributed by atoms with Gasteiger partial charge in [0.25, 0.3) is 5.56 Å². The molecule has 0 spiro atoms. The first-order chi connectivity index (χ1) is 18.4. The summed E-state index contributed by atoms with van der Waals surface area (Å²) >= 11 is 0. The number of H-pyrrole nitrogens is 1. The van der Waals surface area contributed by atoms with Crippen LogP contribution in [0.1, 0.15) is 72.3 Å². The zero-order valence-corrected chi connectivity index (χ0v) is 23.6. The second-order valence-corrected chi connectivity index (χ2v) is 9.95. The maximum Gasteiger partial charge on any atom is 0.267 e. The Morgan fingerprint density at radius 3 is 2.74 bits per heavy atom. The van der Waals surface area contributed by atoms with Crippen LogP contribution in [0.3, 0.4) is 0 Å². The molecule has 2 atom stereocenters. The standard InChI is InChI=1S/C18H19FN2O2.C10H21N3.C2H6/c1-3-4-5-6-15-12(2)17(20-21-18(15)23)10-13-7-8-16(19)14(9-13)11-22;1-12-7-9-3-2-5-13(6-4-11)10(9)8-12;1-2/h3,7-9,11H,1,4-6,10H2,2H3,(H,21,23);9-10H,2-8,11H2,1H3;1-2H3. The fourth-order valence-electron chi connectivity index (χ4n) is 5.43. The summed E-state index contributed by atoms with van der Waals surface area (Å²) in [6.07, 6.45) is 7.90. The zero-order chi connectivity index (χ0) is 28.1. The van der Waals surface area contributed by atoms with Crippen LogP contribution in [-0.2, 0) is 12.8 Å². The van der Waals surface area contributed by atoms with Gasteiger partial charge in [-0.1, -0.05) is 26.0 Å². The summed E-state index contributed by atoms with van der Waals surface area (Å²) in [6, 6.07) is 5.20. The predicted molar refractivity (Wildman–Crippen MR) is 153 cm³/mol. The van der Waals surface area contributed by atoms with Gasteiger partial charge in [0.2, 0.25) is 0 Å². The number of allylic oxidation sites excluding steroid dienone is 1. The second-order valence-electron chi connectivity index (χ2n) is 9.95. The highest BCUT2D eigenvalue weighted by Gasteiger charge is 2.36. The Balaban J connectivity index is 0.000000284. The van der Waals surface area contributed by atoms with E-state index in [1.165, 1.54) is 44.6 Å². The summed E-state index contributed by atoms with van der Waals surface area (Å²) in [5, 5.41) is 6.62. The van der Waals surface area contributed by atoms with Crippen molar-refractivity contribution in [3.05, 3.63) is 75.0 Å². The molecule has 38 heavy (non-hydrogen) atoms. The van der Waals surface area contributed by atoms with Crippen molar-refractivity contribution < 1.29 is 9.18 Å². The highest BCUT2D eigenvalue weighted by atomic mass is 19.1. The van der Waals surface area contributed by atoms with Crippen LogP contribution in [0.25, 0.3) is 0 Å². The number of fused-ring (bicyclic) bond motifs is 1. The minimum Gasteiger partial charge on any atom is -0.329 e. The number of hydrogen-bond donors (Lipinski definition) is 2. The molecule has 0 radical (unpaired) electrons. The molecule has 1 aromatic heterocycles. The van der Waals surface area contributed by atoms with Gasteiger partial charge in [0.05, 0.1) is 11.3 Å². The van der Waals surface area contributed by atoms with Crippen molar-refractivity contribution in [2.75, 3.05) is 39.8 Å². The lowest BCUT2D eigenvalue weighted by molar-refractivity contribution is 0.111. The number of hydrogen-bond acceptors (Lipinski definition) is 6. The molecule has 0 aliphatic carbocycles. The molecule has 3 N–H and O–H groups in total. The lowest BCUT2D eigenvalue weighted by Crippen LogP contribution is -2.46. The Morgan fingerprint density at radius 2 is 2.05 bits per heavy atom. The molecule has 2 aliphatic heterocycles. The summed E-state index contributed by atoms with van der Waals surface area (Å²) in [5.74, 6) is 0.380. The molecule has 1 aromatic carbocycles. The molecular formula is C30H46FN5O2. The number of likely N-dealkylation sites (N-methyl/N-ethyl adjacent to an activating group) is 1. The molecule has 8 heteroatoms. The average Bonchev–Trinajstić information content (AvgIpc) is 3.31. The second kappa shape index (κ2) is 16.3. The molecule has 210 valence electrons. The van der Waals surface area contributed by atoms with Gasteiger partial charge in [-0.05, 0) is 81.8 Å². The third-order valence-electron chi connectivity index (χ3n) is 7.34. The number of aromatic amines is 1. The van der Waals surface area contributed by atoms with Gasteiger partial charge in [-0.25, -0.2) is 9.49 Å². The number of aromatic nitrogens is 2. The number of nitrogens with zero attached hydrogens (tertiary/aromatic N) is 3. The Labute approximate surface area is 227 Å². The first-order valence-corrected chi connectivity index (χ1v) is 13.9. The number of likely N-dealkylation sites (tertiary alicyclic amines) is 2. The van der Waals surface area contributed by atoms with Gasteiger partial charge in [-0.3, -0.25) is 14.5 Å². The third-order valence-corrected chi connectivity index (χ3v) is 7.34. The number of nitrogens with one attached hydrogen (secondary N) is 1. The number of halogens is 1. The summed E-state index contributed by atoms with van der Waals surface area (Å²) in [7, 11) is 2.24. The lowest BCUT2D eigenvalue weighted by Gasteiger charge is -2.36. The number of carbonyl (C=O) groups is 1. The molecule has 2 aromatic rings. The third kappa shape index (κ3) is 8.68. The van der Waals surface area contributed by atoms with Crippen LogP contribution in [0.15, 0.2) is 35.6 Å². The van der Waals surface area contributed by atoms with Gasteiger partial charge in [-0.2, -0.15) is 5.10 Å². The molecule has 2 unspecified atom stereocenters. The molecular weight excluding hydrogens is 481 g/mol. The normalized spacial score (nSPS) is 19.0. The van der Waals surface area contributed by atoms with Crippen molar-refractivity contribution in [2.45, 2.75) is 65.3 Å². The highest BCUT2D eigenvalue weighted by Crippen LogP contribution is 2.29. The highest BCUT2D eigenvalue weighted by molar-refractivity contribution is 5.75. The largest absolute Gasteiger partial charge is 0.329 e. The molecule has 0 saturated carbocycles. The summed E-state index contributed by atoms with van der Waals surface area (Å²) in [5.41, 5.74) is 8.52. The fraction of sp³-hybridized carbons (Fsp3) is 0.567. The van der Waals surface area contributed by atoms with E-state index in [1.807, 2.05) is 26.8 Å². The van der Waals surface area contributed by atoms with Gasteiger partial charge in [0.15, 0.2) is 6.29 Å². The van der Waals surface area contributed by atoms with Gasteiger partial charge in [0, 0.05) is 44.2 Å². The van der Waals surface area contributed by atoms with Crippen LogP contribution in [0.4, 0.5) is 4.39 Å². The Hall–Kier alpha value is -2.68. The Bertz CT molecular complexity index is 1080. The van der Waals surface area contributed by atoms with E-state index in [4.69, 9.17) is 5.73 Å². The molecule has 2 saturated heterocycles. The molecule has 7 nitrogen and oxygen atoms in total. The monoisotopic (exact) mass is 527 g/mol. The maximum atomic E-state index is 13.4. The van der Waals surface area contributed by atoms with Crippen LogP contribution in [0, 0.1) is 18.7 Å². The quantitative estimate of drug-likeness (QED) is 0.289. The number of benzene rings is 1. The van der Waals surface area contributed by atoms with E-state index >= 15 is 0 Å². The van der Waals surface area contributed by atoms with E-state index < -0.39 is 5.82 Å². The minimum absolute atomic E-state index is 0.0239. The number of carbonyl (C=O) groups excluding carboxylic acids is 1. The smallest absolute Gasteiger partial charge is 0.267 e.